The van der Waals surface area contributed by atoms with Gasteiger partial charge in [-0.3, -0.25) is 0 Å². The second kappa shape index (κ2) is 4.98. The Morgan fingerprint density at radius 1 is 1.44 bits per heavy atom. The third-order valence-corrected chi connectivity index (χ3v) is 2.41. The molecule has 1 aromatic rings. The van der Waals surface area contributed by atoms with Crippen molar-refractivity contribution in [3.8, 4) is 0 Å². The Bertz CT molecular complexity index is 353. The lowest BCUT2D eigenvalue weighted by molar-refractivity contribution is 0.0696. The number of hydrogen-bond acceptors (Lipinski definition) is 6. The lowest BCUT2D eigenvalue weighted by atomic mass is 10.0. The molecule has 0 saturated heterocycles. The van der Waals surface area contributed by atoms with Crippen LogP contribution in [-0.4, -0.2) is 34.3 Å². The van der Waals surface area contributed by atoms with Gasteiger partial charge >= 0.3 is 0 Å². The molecule has 1 atom stereocenters. The number of nitrogens with one attached hydrogen (secondary N) is 2. The molecule has 0 aliphatic carbocycles. The SMILES string of the molecule is CCC(C)(O)CNc1cc(NC)nc(N)n1. The molecular formula is C10H19N5O. The zero-order chi connectivity index (χ0) is 12.2. The molecular weight excluding hydrogens is 206 g/mol. The van der Waals surface area contributed by atoms with Crippen LogP contribution in [0.2, 0.25) is 0 Å². The van der Waals surface area contributed by atoms with Crippen LogP contribution in [0.4, 0.5) is 17.6 Å². The zero-order valence-electron chi connectivity index (χ0n) is 9.91. The van der Waals surface area contributed by atoms with Crippen LogP contribution < -0.4 is 16.4 Å². The average molecular weight is 225 g/mol. The van der Waals surface area contributed by atoms with E-state index in [1.807, 2.05) is 6.92 Å². The summed E-state index contributed by atoms with van der Waals surface area (Å²) in [5.74, 6) is 1.45. The molecule has 0 aliphatic rings. The summed E-state index contributed by atoms with van der Waals surface area (Å²) in [5, 5.41) is 15.7. The van der Waals surface area contributed by atoms with E-state index in [4.69, 9.17) is 5.73 Å². The van der Waals surface area contributed by atoms with Crippen molar-refractivity contribution in [2.75, 3.05) is 30.0 Å². The Labute approximate surface area is 95.3 Å². The van der Waals surface area contributed by atoms with Gasteiger partial charge in [-0.25, -0.2) is 0 Å². The summed E-state index contributed by atoms with van der Waals surface area (Å²) in [7, 11) is 1.76. The minimum absolute atomic E-state index is 0.200. The van der Waals surface area contributed by atoms with Crippen molar-refractivity contribution in [3.05, 3.63) is 6.07 Å². The quantitative estimate of drug-likeness (QED) is 0.588. The van der Waals surface area contributed by atoms with Crippen LogP contribution in [0.3, 0.4) is 0 Å². The smallest absolute Gasteiger partial charge is 0.223 e. The lowest BCUT2D eigenvalue weighted by Gasteiger charge is -2.22. The Morgan fingerprint density at radius 2 is 2.06 bits per heavy atom. The zero-order valence-corrected chi connectivity index (χ0v) is 9.91. The van der Waals surface area contributed by atoms with Crippen LogP contribution >= 0.6 is 0 Å². The maximum absolute atomic E-state index is 9.83. The molecule has 5 N–H and O–H groups in total. The van der Waals surface area contributed by atoms with Crippen molar-refractivity contribution >= 4 is 17.6 Å². The Balaban J connectivity index is 2.70. The van der Waals surface area contributed by atoms with Crippen molar-refractivity contribution in [2.45, 2.75) is 25.9 Å². The average Bonchev–Trinajstić information content (AvgIpc) is 2.26. The summed E-state index contributed by atoms with van der Waals surface area (Å²) in [6.45, 7) is 4.11. The summed E-state index contributed by atoms with van der Waals surface area (Å²) < 4.78 is 0. The van der Waals surface area contributed by atoms with Crippen LogP contribution in [0.5, 0.6) is 0 Å². The van der Waals surface area contributed by atoms with Gasteiger partial charge in [-0.2, -0.15) is 9.97 Å². The molecule has 6 heteroatoms. The fraction of sp³-hybridized carbons (Fsp3) is 0.600. The van der Waals surface area contributed by atoms with Gasteiger partial charge in [0.05, 0.1) is 5.60 Å². The van der Waals surface area contributed by atoms with Crippen LogP contribution in [0.25, 0.3) is 0 Å². The third kappa shape index (κ3) is 3.54. The number of nitrogens with two attached hydrogens (primary N) is 1. The molecule has 0 fully saturated rings. The van der Waals surface area contributed by atoms with Gasteiger partial charge < -0.3 is 21.5 Å². The maximum atomic E-state index is 9.83. The highest BCUT2D eigenvalue weighted by Gasteiger charge is 2.17. The molecule has 0 saturated carbocycles. The lowest BCUT2D eigenvalue weighted by Crippen LogP contribution is -2.32. The van der Waals surface area contributed by atoms with Crippen molar-refractivity contribution in [1.82, 2.24) is 9.97 Å². The summed E-state index contributed by atoms with van der Waals surface area (Å²) in [6.07, 6.45) is 0.666. The number of aliphatic hydroxyl groups is 1. The highest BCUT2D eigenvalue weighted by Crippen LogP contribution is 2.14. The number of hydrogen-bond donors (Lipinski definition) is 4. The van der Waals surface area contributed by atoms with Gasteiger partial charge in [0.1, 0.15) is 11.6 Å². The number of aromatic nitrogens is 2. The first-order valence-electron chi connectivity index (χ1n) is 5.25. The summed E-state index contributed by atoms with van der Waals surface area (Å²) in [6, 6.07) is 1.74. The van der Waals surface area contributed by atoms with Crippen molar-refractivity contribution < 1.29 is 5.11 Å². The first-order chi connectivity index (χ1) is 7.46. The van der Waals surface area contributed by atoms with Crippen LogP contribution in [0.1, 0.15) is 20.3 Å². The minimum atomic E-state index is -0.750. The van der Waals surface area contributed by atoms with E-state index in [-0.39, 0.29) is 5.95 Å². The van der Waals surface area contributed by atoms with E-state index in [0.717, 1.165) is 0 Å². The molecule has 0 amide bonds. The van der Waals surface area contributed by atoms with Crippen molar-refractivity contribution in [2.24, 2.45) is 0 Å². The molecule has 16 heavy (non-hydrogen) atoms. The predicted molar refractivity (Wildman–Crippen MR) is 65.4 cm³/mol. The molecule has 90 valence electrons. The number of nitrogens with zero attached hydrogens (tertiary/aromatic N) is 2. The summed E-state index contributed by atoms with van der Waals surface area (Å²) in [5.41, 5.74) is 4.79. The first-order valence-corrected chi connectivity index (χ1v) is 5.25. The largest absolute Gasteiger partial charge is 0.388 e. The van der Waals surface area contributed by atoms with Gasteiger partial charge in [-0.05, 0) is 13.3 Å². The van der Waals surface area contributed by atoms with Crippen LogP contribution in [0, 0.1) is 0 Å². The molecule has 0 bridgehead atoms. The van der Waals surface area contributed by atoms with E-state index < -0.39 is 5.60 Å². The molecule has 1 unspecified atom stereocenters. The normalized spacial score (nSPS) is 14.2. The van der Waals surface area contributed by atoms with Crippen LogP contribution in [-0.2, 0) is 0 Å². The van der Waals surface area contributed by atoms with Gasteiger partial charge in [-0.1, -0.05) is 6.92 Å². The van der Waals surface area contributed by atoms with E-state index in [2.05, 4.69) is 20.6 Å². The Morgan fingerprint density at radius 3 is 2.62 bits per heavy atom. The van der Waals surface area contributed by atoms with Crippen LogP contribution in [0.15, 0.2) is 6.07 Å². The van der Waals surface area contributed by atoms with Crippen molar-refractivity contribution in [3.63, 3.8) is 0 Å². The van der Waals surface area contributed by atoms with Gasteiger partial charge in [0.15, 0.2) is 0 Å². The molecule has 0 aliphatic heterocycles. The van der Waals surface area contributed by atoms with Gasteiger partial charge in [0.2, 0.25) is 5.95 Å². The highest BCUT2D eigenvalue weighted by atomic mass is 16.3. The molecule has 0 aromatic carbocycles. The van der Waals surface area contributed by atoms with E-state index >= 15 is 0 Å². The summed E-state index contributed by atoms with van der Waals surface area (Å²) >= 11 is 0. The predicted octanol–water partition coefficient (Wildman–Crippen LogP) is 0.673. The number of nitrogen functional groups attached to an aromatic ring is 1. The van der Waals surface area contributed by atoms with Gasteiger partial charge in [0.25, 0.3) is 0 Å². The van der Waals surface area contributed by atoms with Gasteiger partial charge in [0, 0.05) is 19.7 Å². The second-order valence-corrected chi connectivity index (χ2v) is 3.95. The topological polar surface area (TPSA) is 96.1 Å². The monoisotopic (exact) mass is 225 g/mol. The molecule has 1 rings (SSSR count). The first kappa shape index (κ1) is 12.5. The standard InChI is InChI=1S/C10H19N5O/c1-4-10(2,16)6-13-8-5-7(12-3)14-9(11)15-8/h5,16H,4,6H2,1-3H3,(H4,11,12,13,14,15). The minimum Gasteiger partial charge on any atom is -0.388 e. The second-order valence-electron chi connectivity index (χ2n) is 3.95. The summed E-state index contributed by atoms with van der Waals surface area (Å²) in [4.78, 5) is 7.99. The Hall–Kier alpha value is -1.56. The number of rotatable bonds is 5. The molecule has 0 radical (unpaired) electrons. The van der Waals surface area contributed by atoms with Crippen molar-refractivity contribution in [1.29, 1.82) is 0 Å². The molecule has 1 aromatic heterocycles. The highest BCUT2D eigenvalue weighted by molar-refractivity contribution is 5.50. The van der Waals surface area contributed by atoms with E-state index in [0.29, 0.717) is 24.6 Å². The van der Waals surface area contributed by atoms with E-state index in [9.17, 15) is 5.11 Å². The molecule has 0 spiro atoms. The van der Waals surface area contributed by atoms with Gasteiger partial charge in [-0.15, -0.1) is 0 Å². The fourth-order valence-electron chi connectivity index (χ4n) is 1.09. The maximum Gasteiger partial charge on any atom is 0.223 e. The molecule has 6 nitrogen and oxygen atoms in total. The fourth-order valence-corrected chi connectivity index (χ4v) is 1.09. The molecule has 1 heterocycles. The Kier molecular flexibility index (Phi) is 3.89. The van der Waals surface area contributed by atoms with E-state index in [1.165, 1.54) is 0 Å². The number of anilines is 3. The third-order valence-electron chi connectivity index (χ3n) is 2.41. The van der Waals surface area contributed by atoms with E-state index in [1.54, 1.807) is 20.0 Å².